The number of hydrogen-bond acceptors (Lipinski definition) is 6. The lowest BCUT2D eigenvalue weighted by atomic mass is 10.0. The molecule has 0 saturated carbocycles. The summed E-state index contributed by atoms with van der Waals surface area (Å²) < 4.78 is 0. The Morgan fingerprint density at radius 2 is 2.00 bits per heavy atom. The number of pyridine rings is 1. The molecule has 0 N–H and O–H groups in total. The zero-order chi connectivity index (χ0) is 21.0. The minimum Gasteiger partial charge on any atom is -0.294 e. The monoisotopic (exact) mass is 408 g/mol. The molecule has 0 radical (unpaired) electrons. The SMILES string of the molecule is N#Cc1cccc(-c2ccc(CN3CCc4nc(C5=NCCCC5)ncc4C3)cn2)c1. The second kappa shape index (κ2) is 8.75. The average molecular weight is 409 g/mol. The van der Waals surface area contributed by atoms with E-state index in [4.69, 9.17) is 10.2 Å². The summed E-state index contributed by atoms with van der Waals surface area (Å²) in [5.41, 5.74) is 7.13. The molecule has 3 aromatic rings. The minimum absolute atomic E-state index is 0.649. The second-order valence-corrected chi connectivity index (χ2v) is 8.16. The van der Waals surface area contributed by atoms with E-state index in [1.54, 1.807) is 6.07 Å². The predicted molar refractivity (Wildman–Crippen MR) is 119 cm³/mol. The van der Waals surface area contributed by atoms with Gasteiger partial charge in [0.15, 0.2) is 5.82 Å². The third-order valence-corrected chi connectivity index (χ3v) is 5.91. The Bertz CT molecular complexity index is 1160. The molecule has 0 spiro atoms. The van der Waals surface area contributed by atoms with Crippen LogP contribution in [0.4, 0.5) is 0 Å². The van der Waals surface area contributed by atoms with Crippen molar-refractivity contribution in [2.24, 2.45) is 4.99 Å². The van der Waals surface area contributed by atoms with Crippen LogP contribution >= 0.6 is 0 Å². The van der Waals surface area contributed by atoms with Crippen LogP contribution in [0.25, 0.3) is 11.3 Å². The molecule has 0 atom stereocenters. The highest BCUT2D eigenvalue weighted by Crippen LogP contribution is 2.22. The molecule has 5 rings (SSSR count). The van der Waals surface area contributed by atoms with E-state index in [2.05, 4.69) is 32.0 Å². The zero-order valence-electron chi connectivity index (χ0n) is 17.5. The molecule has 6 heteroatoms. The topological polar surface area (TPSA) is 78.1 Å². The van der Waals surface area contributed by atoms with E-state index in [0.717, 1.165) is 61.8 Å². The van der Waals surface area contributed by atoms with Crippen molar-refractivity contribution >= 4 is 5.71 Å². The van der Waals surface area contributed by atoms with Gasteiger partial charge in [-0.3, -0.25) is 14.9 Å². The number of nitrogens with zero attached hydrogens (tertiary/aromatic N) is 6. The Kier molecular flexibility index (Phi) is 5.51. The van der Waals surface area contributed by atoms with Gasteiger partial charge in [-0.2, -0.15) is 5.26 Å². The number of aliphatic imine (C=N–C) groups is 1. The summed E-state index contributed by atoms with van der Waals surface area (Å²) in [4.78, 5) is 21.1. The van der Waals surface area contributed by atoms with Gasteiger partial charge in [-0.1, -0.05) is 18.2 Å². The van der Waals surface area contributed by atoms with Crippen LogP contribution in [0.5, 0.6) is 0 Å². The van der Waals surface area contributed by atoms with Crippen LogP contribution in [0.1, 0.15) is 47.5 Å². The van der Waals surface area contributed by atoms with Gasteiger partial charge in [0.05, 0.1) is 28.7 Å². The summed E-state index contributed by atoms with van der Waals surface area (Å²) in [6, 6.07) is 13.9. The van der Waals surface area contributed by atoms with Crippen molar-refractivity contribution in [3.63, 3.8) is 0 Å². The smallest absolute Gasteiger partial charge is 0.173 e. The van der Waals surface area contributed by atoms with Crippen molar-refractivity contribution in [2.75, 3.05) is 13.1 Å². The number of hydrogen-bond donors (Lipinski definition) is 0. The molecule has 2 aliphatic rings. The quantitative estimate of drug-likeness (QED) is 0.653. The Morgan fingerprint density at radius 3 is 2.81 bits per heavy atom. The minimum atomic E-state index is 0.649. The van der Waals surface area contributed by atoms with E-state index in [1.165, 1.54) is 29.7 Å². The Balaban J connectivity index is 1.26. The van der Waals surface area contributed by atoms with Crippen molar-refractivity contribution in [1.29, 1.82) is 5.26 Å². The molecular weight excluding hydrogens is 384 g/mol. The van der Waals surface area contributed by atoms with E-state index in [1.807, 2.05) is 36.7 Å². The van der Waals surface area contributed by atoms with Crippen LogP contribution in [0, 0.1) is 11.3 Å². The van der Waals surface area contributed by atoms with Crippen molar-refractivity contribution in [3.05, 3.63) is 77.0 Å². The normalized spacial score (nSPS) is 16.3. The van der Waals surface area contributed by atoms with Gasteiger partial charge in [-0.05, 0) is 43.0 Å². The van der Waals surface area contributed by atoms with Gasteiger partial charge in [0.1, 0.15) is 0 Å². The van der Waals surface area contributed by atoms with Crippen molar-refractivity contribution in [1.82, 2.24) is 19.9 Å². The standard InChI is InChI=1S/C25H24N6/c26-13-18-4-3-5-20(12-18)22-8-7-19(14-28-22)16-31-11-9-23-21(17-31)15-29-25(30-23)24-6-1-2-10-27-24/h3-5,7-8,12,14-15H,1-2,6,9-11,16-17H2. The number of rotatable bonds is 4. The molecule has 0 bridgehead atoms. The van der Waals surface area contributed by atoms with Crippen LogP contribution < -0.4 is 0 Å². The lowest BCUT2D eigenvalue weighted by Crippen LogP contribution is -2.31. The van der Waals surface area contributed by atoms with E-state index < -0.39 is 0 Å². The van der Waals surface area contributed by atoms with Gasteiger partial charge in [0.2, 0.25) is 0 Å². The second-order valence-electron chi connectivity index (χ2n) is 8.16. The first-order valence-corrected chi connectivity index (χ1v) is 10.8. The van der Waals surface area contributed by atoms with Crippen LogP contribution in [-0.4, -0.2) is 38.7 Å². The molecule has 154 valence electrons. The van der Waals surface area contributed by atoms with Gasteiger partial charge in [-0.15, -0.1) is 0 Å². The molecule has 0 aliphatic carbocycles. The highest BCUT2D eigenvalue weighted by atomic mass is 15.1. The molecule has 2 aliphatic heterocycles. The summed E-state index contributed by atoms with van der Waals surface area (Å²) in [6.45, 7) is 3.58. The fourth-order valence-corrected chi connectivity index (χ4v) is 4.22. The number of aromatic nitrogens is 3. The van der Waals surface area contributed by atoms with Crippen molar-refractivity contribution < 1.29 is 0 Å². The summed E-state index contributed by atoms with van der Waals surface area (Å²) in [6.07, 6.45) is 8.21. The fraction of sp³-hybridized carbons (Fsp3) is 0.320. The number of fused-ring (bicyclic) bond motifs is 1. The molecular formula is C25H24N6. The fourth-order valence-electron chi connectivity index (χ4n) is 4.22. The van der Waals surface area contributed by atoms with Crippen molar-refractivity contribution in [3.8, 4) is 17.3 Å². The predicted octanol–water partition coefficient (Wildman–Crippen LogP) is 3.94. The van der Waals surface area contributed by atoms with Gasteiger partial charge >= 0.3 is 0 Å². The summed E-state index contributed by atoms with van der Waals surface area (Å²) in [5, 5.41) is 9.10. The Labute approximate surface area is 182 Å². The van der Waals surface area contributed by atoms with Gasteiger partial charge in [-0.25, -0.2) is 9.97 Å². The Hall–Kier alpha value is -3.43. The van der Waals surface area contributed by atoms with Crippen LogP contribution in [0.15, 0.2) is 53.8 Å². The molecule has 0 saturated heterocycles. The highest BCUT2D eigenvalue weighted by molar-refractivity contribution is 5.97. The highest BCUT2D eigenvalue weighted by Gasteiger charge is 2.20. The molecule has 0 amide bonds. The van der Waals surface area contributed by atoms with E-state index in [0.29, 0.717) is 5.56 Å². The maximum absolute atomic E-state index is 9.10. The lowest BCUT2D eigenvalue weighted by Gasteiger charge is -2.28. The number of nitriles is 1. The van der Waals surface area contributed by atoms with E-state index in [9.17, 15) is 0 Å². The maximum Gasteiger partial charge on any atom is 0.173 e. The van der Waals surface area contributed by atoms with E-state index >= 15 is 0 Å². The largest absolute Gasteiger partial charge is 0.294 e. The molecule has 31 heavy (non-hydrogen) atoms. The summed E-state index contributed by atoms with van der Waals surface area (Å²) in [5.74, 6) is 0.826. The lowest BCUT2D eigenvalue weighted by molar-refractivity contribution is 0.242. The Morgan fingerprint density at radius 1 is 1.03 bits per heavy atom. The molecule has 2 aromatic heterocycles. The van der Waals surface area contributed by atoms with Gasteiger partial charge in [0, 0.05) is 56.1 Å². The molecule has 6 nitrogen and oxygen atoms in total. The summed E-state index contributed by atoms with van der Waals surface area (Å²) in [7, 11) is 0. The summed E-state index contributed by atoms with van der Waals surface area (Å²) >= 11 is 0. The van der Waals surface area contributed by atoms with Crippen molar-refractivity contribution in [2.45, 2.75) is 38.8 Å². The molecule has 4 heterocycles. The first-order chi connectivity index (χ1) is 15.3. The average Bonchev–Trinajstić information content (AvgIpc) is 2.85. The third-order valence-electron chi connectivity index (χ3n) is 5.91. The van der Waals surface area contributed by atoms with Crippen LogP contribution in [-0.2, 0) is 19.5 Å². The third kappa shape index (κ3) is 4.37. The van der Waals surface area contributed by atoms with Gasteiger partial charge < -0.3 is 0 Å². The molecule has 0 unspecified atom stereocenters. The van der Waals surface area contributed by atoms with Crippen LogP contribution in [0.2, 0.25) is 0 Å². The molecule has 0 fully saturated rings. The first-order valence-electron chi connectivity index (χ1n) is 10.8. The maximum atomic E-state index is 9.10. The first kappa shape index (κ1) is 19.5. The van der Waals surface area contributed by atoms with Crippen LogP contribution in [0.3, 0.4) is 0 Å². The molecule has 1 aromatic carbocycles. The number of benzene rings is 1. The zero-order valence-corrected chi connectivity index (χ0v) is 17.5. The van der Waals surface area contributed by atoms with Gasteiger partial charge in [0.25, 0.3) is 0 Å². The van der Waals surface area contributed by atoms with E-state index in [-0.39, 0.29) is 0 Å².